The molecule has 2 N–H and O–H groups in total. The van der Waals surface area contributed by atoms with E-state index < -0.39 is 11.0 Å². The number of hydrogen-bond acceptors (Lipinski definition) is 2. The molecule has 0 spiro atoms. The van der Waals surface area contributed by atoms with Crippen molar-refractivity contribution >= 4 is 28.9 Å². The number of benzene rings is 1. The first-order valence-corrected chi connectivity index (χ1v) is 6.49. The van der Waals surface area contributed by atoms with Crippen molar-refractivity contribution in [2.45, 2.75) is 17.9 Å². The molecule has 1 aliphatic rings. The van der Waals surface area contributed by atoms with Crippen LogP contribution in [0.3, 0.4) is 0 Å². The lowest BCUT2D eigenvalue weighted by Crippen LogP contribution is -2.41. The number of aryl methyl sites for hydroxylation is 1. The van der Waals surface area contributed by atoms with Gasteiger partial charge >= 0.3 is 0 Å². The van der Waals surface area contributed by atoms with E-state index >= 15 is 0 Å². The molecule has 2 atom stereocenters. The molecule has 0 saturated carbocycles. The van der Waals surface area contributed by atoms with E-state index in [0.717, 1.165) is 5.69 Å². The lowest BCUT2D eigenvalue weighted by molar-refractivity contribution is 0.193. The van der Waals surface area contributed by atoms with Crippen molar-refractivity contribution in [1.82, 2.24) is 0 Å². The predicted molar refractivity (Wildman–Crippen MR) is 77.3 cm³/mol. The Hall–Kier alpha value is -0.960. The number of aliphatic hydroxyl groups is 1. The van der Waals surface area contributed by atoms with Gasteiger partial charge in [0.15, 0.2) is 0 Å². The molecule has 0 heterocycles. The summed E-state index contributed by atoms with van der Waals surface area (Å²) in [6.45, 7) is 2.43. The Morgan fingerprint density at radius 3 is 2.67 bits per heavy atom. The summed E-state index contributed by atoms with van der Waals surface area (Å²) in [5.74, 6) is 0. The van der Waals surface area contributed by atoms with Crippen LogP contribution in [0, 0.1) is 6.92 Å². The molecule has 1 aliphatic carbocycles. The zero-order valence-corrected chi connectivity index (χ0v) is 11.5. The Labute approximate surface area is 117 Å². The van der Waals surface area contributed by atoms with Crippen molar-refractivity contribution in [3.05, 3.63) is 53.1 Å². The van der Waals surface area contributed by atoms with Crippen LogP contribution in [0.1, 0.15) is 5.56 Å². The molecule has 0 aliphatic heterocycles. The number of nitrogens with one attached hydrogen (secondary N) is 1. The summed E-state index contributed by atoms with van der Waals surface area (Å²) in [5.41, 5.74) is 2.16. The summed E-state index contributed by atoms with van der Waals surface area (Å²) in [6, 6.07) is 7.99. The molecular formula is C14H15Cl2NO. The highest BCUT2D eigenvalue weighted by atomic mass is 35.5. The summed E-state index contributed by atoms with van der Waals surface area (Å²) in [6.07, 6.45) is 4.17. The molecule has 2 nitrogen and oxygen atoms in total. The summed E-state index contributed by atoms with van der Waals surface area (Å²) in [5, 5.41) is 13.7. The number of rotatable bonds is 3. The van der Waals surface area contributed by atoms with Crippen LogP contribution in [0.15, 0.2) is 47.5 Å². The van der Waals surface area contributed by atoms with E-state index in [1.54, 1.807) is 18.2 Å². The molecule has 1 aromatic carbocycles. The van der Waals surface area contributed by atoms with Crippen molar-refractivity contribution < 1.29 is 5.11 Å². The quantitative estimate of drug-likeness (QED) is 0.833. The lowest BCUT2D eigenvalue weighted by Gasteiger charge is -2.30. The van der Waals surface area contributed by atoms with Gasteiger partial charge in [-0.3, -0.25) is 0 Å². The van der Waals surface area contributed by atoms with Gasteiger partial charge in [0.05, 0.1) is 6.10 Å². The third kappa shape index (κ3) is 3.08. The van der Waals surface area contributed by atoms with Gasteiger partial charge in [0.1, 0.15) is 4.87 Å². The zero-order chi connectivity index (χ0) is 13.2. The fourth-order valence-electron chi connectivity index (χ4n) is 1.77. The fourth-order valence-corrected chi connectivity index (χ4v) is 2.35. The maximum absolute atomic E-state index is 9.91. The molecule has 0 bridgehead atoms. The van der Waals surface area contributed by atoms with Crippen LogP contribution in [0.4, 0.5) is 5.69 Å². The Kier molecular flexibility index (Phi) is 4.00. The van der Waals surface area contributed by atoms with Gasteiger partial charge in [-0.05, 0) is 31.2 Å². The molecule has 0 amide bonds. The number of aliphatic hydroxyl groups excluding tert-OH is 1. The first-order chi connectivity index (χ1) is 8.49. The summed E-state index contributed by atoms with van der Waals surface area (Å²) in [4.78, 5) is -0.906. The normalized spacial score (nSPS) is 26.9. The van der Waals surface area contributed by atoms with Crippen LogP contribution in [0.2, 0.25) is 0 Å². The molecule has 0 fully saturated rings. The Balaban J connectivity index is 2.05. The second kappa shape index (κ2) is 5.35. The molecule has 4 heteroatoms. The lowest BCUT2D eigenvalue weighted by atomic mass is 9.96. The van der Waals surface area contributed by atoms with E-state index in [9.17, 15) is 5.11 Å². The van der Waals surface area contributed by atoms with E-state index in [2.05, 4.69) is 5.32 Å². The molecule has 1 aromatic rings. The minimum absolute atomic E-state index is 0.402. The number of hydrogen-bond donors (Lipinski definition) is 2. The number of halogens is 2. The molecule has 2 unspecified atom stereocenters. The van der Waals surface area contributed by atoms with E-state index in [-0.39, 0.29) is 0 Å². The Morgan fingerprint density at radius 1 is 1.33 bits per heavy atom. The maximum Gasteiger partial charge on any atom is 0.111 e. The van der Waals surface area contributed by atoms with Crippen molar-refractivity contribution in [2.24, 2.45) is 0 Å². The largest absolute Gasteiger partial charge is 0.387 e. The number of allylic oxidation sites excluding steroid dienone is 2. The van der Waals surface area contributed by atoms with Gasteiger partial charge in [-0.15, -0.1) is 11.6 Å². The third-order valence-electron chi connectivity index (χ3n) is 2.92. The van der Waals surface area contributed by atoms with Crippen LogP contribution in [0.5, 0.6) is 0 Å². The van der Waals surface area contributed by atoms with Gasteiger partial charge < -0.3 is 10.4 Å². The smallest absolute Gasteiger partial charge is 0.111 e. The minimum Gasteiger partial charge on any atom is -0.387 e. The average molecular weight is 284 g/mol. The standard InChI is InChI=1S/C14H15Cl2NO/c1-10-2-5-12(6-3-10)17-9-14(16)8-11(15)4-7-13(14)18/h2-8,13,17-18H,9H2,1H3. The molecule has 96 valence electrons. The molecule has 18 heavy (non-hydrogen) atoms. The van der Waals surface area contributed by atoms with Gasteiger partial charge in [0, 0.05) is 17.3 Å². The number of anilines is 1. The van der Waals surface area contributed by atoms with Crippen molar-refractivity contribution in [3.8, 4) is 0 Å². The van der Waals surface area contributed by atoms with E-state index in [0.29, 0.717) is 11.6 Å². The van der Waals surface area contributed by atoms with Crippen molar-refractivity contribution in [1.29, 1.82) is 0 Å². The zero-order valence-electron chi connectivity index (χ0n) is 10.0. The van der Waals surface area contributed by atoms with Crippen molar-refractivity contribution in [2.75, 3.05) is 11.9 Å². The summed E-state index contributed by atoms with van der Waals surface area (Å²) in [7, 11) is 0. The van der Waals surface area contributed by atoms with E-state index in [1.165, 1.54) is 5.56 Å². The summed E-state index contributed by atoms with van der Waals surface area (Å²) < 4.78 is 0. The van der Waals surface area contributed by atoms with Crippen LogP contribution >= 0.6 is 23.2 Å². The first-order valence-electron chi connectivity index (χ1n) is 5.74. The topological polar surface area (TPSA) is 32.3 Å². The van der Waals surface area contributed by atoms with Crippen LogP contribution in [-0.4, -0.2) is 22.6 Å². The highest BCUT2D eigenvalue weighted by Gasteiger charge is 2.34. The predicted octanol–water partition coefficient (Wildman–Crippen LogP) is 3.44. The molecule has 0 aromatic heterocycles. The highest BCUT2D eigenvalue weighted by Crippen LogP contribution is 2.30. The van der Waals surface area contributed by atoms with Crippen molar-refractivity contribution in [3.63, 3.8) is 0 Å². The van der Waals surface area contributed by atoms with Crippen LogP contribution in [-0.2, 0) is 0 Å². The van der Waals surface area contributed by atoms with Crippen LogP contribution < -0.4 is 5.32 Å². The SMILES string of the molecule is Cc1ccc(NCC2(Cl)C=C(Cl)C=CC2O)cc1. The molecular weight excluding hydrogens is 269 g/mol. The first kappa shape index (κ1) is 13.5. The van der Waals surface area contributed by atoms with Gasteiger partial charge in [0.25, 0.3) is 0 Å². The van der Waals surface area contributed by atoms with Crippen LogP contribution in [0.25, 0.3) is 0 Å². The van der Waals surface area contributed by atoms with E-state index in [1.807, 2.05) is 31.2 Å². The summed E-state index contributed by atoms with van der Waals surface area (Å²) >= 11 is 12.3. The second-order valence-corrected chi connectivity index (χ2v) is 5.62. The number of alkyl halides is 1. The Bertz CT molecular complexity index is 481. The molecule has 2 rings (SSSR count). The van der Waals surface area contributed by atoms with Gasteiger partial charge in [-0.2, -0.15) is 0 Å². The Morgan fingerprint density at radius 2 is 2.00 bits per heavy atom. The average Bonchev–Trinajstić information content (AvgIpc) is 2.34. The maximum atomic E-state index is 9.91. The van der Waals surface area contributed by atoms with Gasteiger partial charge in [-0.1, -0.05) is 35.4 Å². The highest BCUT2D eigenvalue weighted by molar-refractivity contribution is 6.33. The van der Waals surface area contributed by atoms with Gasteiger partial charge in [0.2, 0.25) is 0 Å². The third-order valence-corrected chi connectivity index (χ3v) is 3.62. The van der Waals surface area contributed by atoms with E-state index in [4.69, 9.17) is 23.2 Å². The fraction of sp³-hybridized carbons (Fsp3) is 0.286. The molecule has 0 saturated heterocycles. The minimum atomic E-state index is -0.906. The second-order valence-electron chi connectivity index (χ2n) is 4.48. The van der Waals surface area contributed by atoms with Gasteiger partial charge in [-0.25, -0.2) is 0 Å². The monoisotopic (exact) mass is 283 g/mol. The molecule has 0 radical (unpaired) electrons.